The van der Waals surface area contributed by atoms with Crippen molar-refractivity contribution in [1.82, 2.24) is 9.97 Å². The van der Waals surface area contributed by atoms with Gasteiger partial charge in [-0.1, -0.05) is 62.4 Å². The van der Waals surface area contributed by atoms with Gasteiger partial charge in [-0.25, -0.2) is 9.97 Å². The predicted molar refractivity (Wildman–Crippen MR) is 83.8 cm³/mol. The zero-order valence-corrected chi connectivity index (χ0v) is 12.1. The number of hydrogen-bond acceptors (Lipinski definition) is 2. The van der Waals surface area contributed by atoms with Gasteiger partial charge in [-0.15, -0.1) is 0 Å². The van der Waals surface area contributed by atoms with Crippen molar-refractivity contribution in [2.45, 2.75) is 26.7 Å². The standard InChI is InChI=1S/C18H18N2/c1-12(2)18-19-16-13(3)8-7-11-15(16)17(20-18)14-9-5-4-6-10-14/h4-12H,1-3H3. The van der Waals surface area contributed by atoms with Crippen molar-refractivity contribution >= 4 is 10.9 Å². The van der Waals surface area contributed by atoms with E-state index < -0.39 is 0 Å². The first-order valence-corrected chi connectivity index (χ1v) is 6.99. The molecule has 3 aromatic rings. The average Bonchev–Trinajstić information content (AvgIpc) is 2.47. The van der Waals surface area contributed by atoms with Gasteiger partial charge in [0.25, 0.3) is 0 Å². The molecular weight excluding hydrogens is 244 g/mol. The summed E-state index contributed by atoms with van der Waals surface area (Å²) in [6, 6.07) is 16.6. The summed E-state index contributed by atoms with van der Waals surface area (Å²) in [7, 11) is 0. The fourth-order valence-electron chi connectivity index (χ4n) is 2.39. The van der Waals surface area contributed by atoms with Crippen LogP contribution in [0.2, 0.25) is 0 Å². The number of para-hydroxylation sites is 1. The Balaban J connectivity index is 2.37. The highest BCUT2D eigenvalue weighted by Crippen LogP contribution is 2.29. The van der Waals surface area contributed by atoms with E-state index >= 15 is 0 Å². The maximum Gasteiger partial charge on any atom is 0.132 e. The Labute approximate surface area is 119 Å². The number of hydrogen-bond donors (Lipinski definition) is 0. The van der Waals surface area contributed by atoms with Crippen molar-refractivity contribution in [2.24, 2.45) is 0 Å². The van der Waals surface area contributed by atoms with E-state index in [0.717, 1.165) is 28.0 Å². The van der Waals surface area contributed by atoms with E-state index in [1.54, 1.807) is 0 Å². The summed E-state index contributed by atoms with van der Waals surface area (Å²) in [5.41, 5.74) is 4.43. The third kappa shape index (κ3) is 2.18. The molecule has 0 aliphatic rings. The second-order valence-electron chi connectivity index (χ2n) is 5.42. The zero-order valence-electron chi connectivity index (χ0n) is 12.1. The van der Waals surface area contributed by atoms with Crippen molar-refractivity contribution < 1.29 is 0 Å². The van der Waals surface area contributed by atoms with E-state index in [0.29, 0.717) is 5.92 Å². The molecule has 0 amide bonds. The van der Waals surface area contributed by atoms with Crippen LogP contribution in [0.5, 0.6) is 0 Å². The lowest BCUT2D eigenvalue weighted by Crippen LogP contribution is -2.01. The van der Waals surface area contributed by atoms with Crippen LogP contribution in [-0.2, 0) is 0 Å². The molecule has 0 unspecified atom stereocenters. The molecule has 2 aromatic carbocycles. The van der Waals surface area contributed by atoms with Crippen LogP contribution in [0.15, 0.2) is 48.5 Å². The molecular formula is C18H18N2. The van der Waals surface area contributed by atoms with Crippen LogP contribution in [-0.4, -0.2) is 9.97 Å². The van der Waals surface area contributed by atoms with Gasteiger partial charge in [0, 0.05) is 16.9 Å². The second kappa shape index (κ2) is 5.04. The Kier molecular flexibility index (Phi) is 3.23. The predicted octanol–water partition coefficient (Wildman–Crippen LogP) is 4.73. The van der Waals surface area contributed by atoms with E-state index in [4.69, 9.17) is 9.97 Å². The van der Waals surface area contributed by atoms with Gasteiger partial charge in [-0.2, -0.15) is 0 Å². The number of rotatable bonds is 2. The molecule has 0 aliphatic carbocycles. The topological polar surface area (TPSA) is 25.8 Å². The van der Waals surface area contributed by atoms with Crippen LogP contribution in [0, 0.1) is 6.92 Å². The van der Waals surface area contributed by atoms with Gasteiger partial charge in [-0.05, 0) is 12.5 Å². The minimum Gasteiger partial charge on any atom is -0.232 e. The van der Waals surface area contributed by atoms with Crippen molar-refractivity contribution in [3.05, 3.63) is 59.9 Å². The number of fused-ring (bicyclic) bond motifs is 1. The summed E-state index contributed by atoms with van der Waals surface area (Å²) in [5, 5.41) is 1.13. The Hall–Kier alpha value is -2.22. The third-order valence-electron chi connectivity index (χ3n) is 3.51. The molecule has 0 bridgehead atoms. The molecule has 2 heteroatoms. The SMILES string of the molecule is Cc1cccc2c(-c3ccccc3)nc(C(C)C)nc12. The molecule has 0 fully saturated rings. The molecule has 1 aromatic heterocycles. The summed E-state index contributed by atoms with van der Waals surface area (Å²) >= 11 is 0. The summed E-state index contributed by atoms with van der Waals surface area (Å²) in [4.78, 5) is 9.55. The monoisotopic (exact) mass is 262 g/mol. The van der Waals surface area contributed by atoms with Crippen LogP contribution in [0.3, 0.4) is 0 Å². The van der Waals surface area contributed by atoms with Crippen LogP contribution in [0.4, 0.5) is 0 Å². The largest absolute Gasteiger partial charge is 0.232 e. The van der Waals surface area contributed by atoms with Crippen molar-refractivity contribution in [1.29, 1.82) is 0 Å². The van der Waals surface area contributed by atoms with Crippen molar-refractivity contribution in [2.75, 3.05) is 0 Å². The third-order valence-corrected chi connectivity index (χ3v) is 3.51. The quantitative estimate of drug-likeness (QED) is 0.667. The molecule has 20 heavy (non-hydrogen) atoms. The average molecular weight is 262 g/mol. The Morgan fingerprint density at radius 3 is 2.30 bits per heavy atom. The molecule has 0 saturated heterocycles. The molecule has 0 radical (unpaired) electrons. The summed E-state index contributed by atoms with van der Waals surface area (Å²) in [5.74, 6) is 1.23. The minimum absolute atomic E-state index is 0.321. The maximum atomic E-state index is 4.80. The molecule has 100 valence electrons. The van der Waals surface area contributed by atoms with Gasteiger partial charge in [0.15, 0.2) is 0 Å². The second-order valence-corrected chi connectivity index (χ2v) is 5.42. The molecule has 0 atom stereocenters. The van der Waals surface area contributed by atoms with Crippen molar-refractivity contribution in [3.63, 3.8) is 0 Å². The zero-order chi connectivity index (χ0) is 14.1. The Morgan fingerprint density at radius 2 is 1.60 bits per heavy atom. The number of nitrogens with zero attached hydrogens (tertiary/aromatic N) is 2. The highest BCUT2D eigenvalue weighted by molar-refractivity contribution is 5.93. The highest BCUT2D eigenvalue weighted by Gasteiger charge is 2.12. The molecule has 3 rings (SSSR count). The van der Waals surface area contributed by atoms with Gasteiger partial charge in [-0.3, -0.25) is 0 Å². The van der Waals surface area contributed by atoms with Crippen LogP contribution >= 0.6 is 0 Å². The summed E-state index contributed by atoms with van der Waals surface area (Å²) in [6.45, 7) is 6.37. The molecule has 0 N–H and O–H groups in total. The normalized spacial score (nSPS) is 11.2. The van der Waals surface area contributed by atoms with Gasteiger partial charge < -0.3 is 0 Å². The lowest BCUT2D eigenvalue weighted by Gasteiger charge is -2.12. The van der Waals surface area contributed by atoms with Gasteiger partial charge >= 0.3 is 0 Å². The first kappa shape index (κ1) is 12.8. The fourth-order valence-corrected chi connectivity index (χ4v) is 2.39. The maximum absolute atomic E-state index is 4.80. The van der Waals surface area contributed by atoms with E-state index in [1.807, 2.05) is 18.2 Å². The Morgan fingerprint density at radius 1 is 0.850 bits per heavy atom. The van der Waals surface area contributed by atoms with Crippen LogP contribution in [0.25, 0.3) is 22.2 Å². The smallest absolute Gasteiger partial charge is 0.132 e. The van der Waals surface area contributed by atoms with Crippen LogP contribution < -0.4 is 0 Å². The van der Waals surface area contributed by atoms with E-state index in [1.165, 1.54) is 5.56 Å². The number of benzene rings is 2. The first-order chi connectivity index (χ1) is 9.66. The van der Waals surface area contributed by atoms with Crippen LogP contribution in [0.1, 0.15) is 31.2 Å². The van der Waals surface area contributed by atoms with E-state index in [9.17, 15) is 0 Å². The molecule has 0 aliphatic heterocycles. The van der Waals surface area contributed by atoms with Gasteiger partial charge in [0.2, 0.25) is 0 Å². The molecule has 0 spiro atoms. The van der Waals surface area contributed by atoms with Gasteiger partial charge in [0.05, 0.1) is 11.2 Å². The van der Waals surface area contributed by atoms with E-state index in [-0.39, 0.29) is 0 Å². The molecule has 0 saturated carbocycles. The first-order valence-electron chi connectivity index (χ1n) is 6.99. The summed E-state index contributed by atoms with van der Waals surface area (Å²) < 4.78 is 0. The molecule has 1 heterocycles. The summed E-state index contributed by atoms with van der Waals surface area (Å²) in [6.07, 6.45) is 0. The Bertz CT molecular complexity index is 746. The number of aryl methyl sites for hydroxylation is 1. The van der Waals surface area contributed by atoms with Gasteiger partial charge in [0.1, 0.15) is 5.82 Å². The molecule has 2 nitrogen and oxygen atoms in total. The highest BCUT2D eigenvalue weighted by atomic mass is 14.9. The number of aromatic nitrogens is 2. The van der Waals surface area contributed by atoms with E-state index in [2.05, 4.69) is 51.1 Å². The lowest BCUT2D eigenvalue weighted by molar-refractivity contribution is 0.784. The lowest BCUT2D eigenvalue weighted by atomic mass is 10.0. The minimum atomic E-state index is 0.321. The fraction of sp³-hybridized carbons (Fsp3) is 0.222. The van der Waals surface area contributed by atoms with Crippen molar-refractivity contribution in [3.8, 4) is 11.3 Å².